The molecule has 1 atom stereocenters. The quantitative estimate of drug-likeness (QED) is 0.740. The van der Waals surface area contributed by atoms with Crippen LogP contribution < -0.4 is 10.6 Å². The average Bonchev–Trinajstić information content (AvgIpc) is 2.77. The minimum atomic E-state index is -0.798. The number of carbonyl (C=O) groups excluding carboxylic acids is 1. The number of benzene rings is 1. The molecular weight excluding hydrogens is 228 g/mol. The molecule has 0 aliphatic carbocycles. The van der Waals surface area contributed by atoms with Gasteiger partial charge in [0.1, 0.15) is 0 Å². The average molecular weight is 248 g/mol. The van der Waals surface area contributed by atoms with Crippen molar-refractivity contribution in [3.05, 3.63) is 34.9 Å². The molecule has 2 rings (SSSR count). The van der Waals surface area contributed by atoms with E-state index >= 15 is 0 Å². The van der Waals surface area contributed by atoms with Crippen LogP contribution in [-0.4, -0.2) is 36.2 Å². The third kappa shape index (κ3) is 2.89. The van der Waals surface area contributed by atoms with Crippen LogP contribution in [0.25, 0.3) is 0 Å². The number of nitrogens with one attached hydrogen (secondary N) is 2. The highest BCUT2D eigenvalue weighted by atomic mass is 16.3. The lowest BCUT2D eigenvalue weighted by Crippen LogP contribution is -2.44. The first-order chi connectivity index (χ1) is 8.50. The van der Waals surface area contributed by atoms with Crippen molar-refractivity contribution in [2.75, 3.05) is 19.6 Å². The fourth-order valence-electron chi connectivity index (χ4n) is 2.20. The van der Waals surface area contributed by atoms with E-state index in [9.17, 15) is 9.90 Å². The number of carbonyl (C=O) groups is 1. The zero-order valence-corrected chi connectivity index (χ0v) is 10.9. The Hall–Kier alpha value is -1.39. The van der Waals surface area contributed by atoms with Gasteiger partial charge in [-0.15, -0.1) is 0 Å². The van der Waals surface area contributed by atoms with Crippen LogP contribution in [0.3, 0.4) is 0 Å². The second-order valence-electron chi connectivity index (χ2n) is 5.15. The third-order valence-corrected chi connectivity index (χ3v) is 3.44. The summed E-state index contributed by atoms with van der Waals surface area (Å²) in [6, 6.07) is 5.80. The van der Waals surface area contributed by atoms with E-state index in [2.05, 4.69) is 10.6 Å². The van der Waals surface area contributed by atoms with Gasteiger partial charge in [0.05, 0.1) is 5.60 Å². The second kappa shape index (κ2) is 5.08. The highest BCUT2D eigenvalue weighted by Crippen LogP contribution is 2.14. The fourth-order valence-corrected chi connectivity index (χ4v) is 2.20. The molecule has 1 unspecified atom stereocenters. The molecule has 0 radical (unpaired) electrons. The van der Waals surface area contributed by atoms with Crippen molar-refractivity contribution in [3.63, 3.8) is 0 Å². The molecule has 98 valence electrons. The van der Waals surface area contributed by atoms with Crippen molar-refractivity contribution in [3.8, 4) is 0 Å². The van der Waals surface area contributed by atoms with E-state index in [0.717, 1.165) is 17.7 Å². The summed E-state index contributed by atoms with van der Waals surface area (Å²) in [7, 11) is 0. The molecular formula is C14H20N2O2. The monoisotopic (exact) mass is 248 g/mol. The van der Waals surface area contributed by atoms with Crippen LogP contribution in [0.2, 0.25) is 0 Å². The topological polar surface area (TPSA) is 61.4 Å². The maximum absolute atomic E-state index is 12.1. The Morgan fingerprint density at radius 3 is 2.94 bits per heavy atom. The predicted molar refractivity (Wildman–Crippen MR) is 70.7 cm³/mol. The SMILES string of the molecule is Cc1ccc(C)c(C(=O)NCC2(O)CCNC2)c1. The molecule has 1 aliphatic rings. The van der Waals surface area contributed by atoms with Crippen LogP contribution in [-0.2, 0) is 0 Å². The molecule has 1 saturated heterocycles. The number of β-amino-alcohol motifs (C(OH)–C–C–N with tert-alkyl or cyclic N) is 1. The van der Waals surface area contributed by atoms with Crippen LogP contribution in [0.1, 0.15) is 27.9 Å². The first-order valence-corrected chi connectivity index (χ1v) is 6.29. The van der Waals surface area contributed by atoms with Gasteiger partial charge in [-0.05, 0) is 38.4 Å². The van der Waals surface area contributed by atoms with E-state index in [1.165, 1.54) is 0 Å². The minimum absolute atomic E-state index is 0.114. The van der Waals surface area contributed by atoms with Crippen molar-refractivity contribution in [1.29, 1.82) is 0 Å². The Morgan fingerprint density at radius 1 is 1.50 bits per heavy atom. The highest BCUT2D eigenvalue weighted by molar-refractivity contribution is 5.95. The molecule has 1 aromatic rings. The van der Waals surface area contributed by atoms with Gasteiger partial charge in [-0.2, -0.15) is 0 Å². The zero-order valence-electron chi connectivity index (χ0n) is 10.9. The van der Waals surface area contributed by atoms with Gasteiger partial charge in [-0.1, -0.05) is 17.7 Å². The van der Waals surface area contributed by atoms with E-state index in [1.807, 2.05) is 32.0 Å². The maximum atomic E-state index is 12.1. The van der Waals surface area contributed by atoms with Crippen molar-refractivity contribution in [2.24, 2.45) is 0 Å². The van der Waals surface area contributed by atoms with Crippen LogP contribution >= 0.6 is 0 Å². The Morgan fingerprint density at radius 2 is 2.28 bits per heavy atom. The van der Waals surface area contributed by atoms with E-state index in [-0.39, 0.29) is 5.91 Å². The Bertz CT molecular complexity index is 451. The van der Waals surface area contributed by atoms with Gasteiger partial charge in [0, 0.05) is 18.7 Å². The summed E-state index contributed by atoms with van der Waals surface area (Å²) in [5.74, 6) is -0.114. The first kappa shape index (κ1) is 13.1. The molecule has 4 heteroatoms. The minimum Gasteiger partial charge on any atom is -0.387 e. The Kier molecular flexibility index (Phi) is 3.68. The van der Waals surface area contributed by atoms with E-state index < -0.39 is 5.60 Å². The summed E-state index contributed by atoms with van der Waals surface area (Å²) in [6.45, 7) is 5.52. The first-order valence-electron chi connectivity index (χ1n) is 6.29. The molecule has 0 bridgehead atoms. The van der Waals surface area contributed by atoms with E-state index in [1.54, 1.807) is 0 Å². The summed E-state index contributed by atoms with van der Waals surface area (Å²) in [5.41, 5.74) is 1.90. The van der Waals surface area contributed by atoms with Gasteiger partial charge < -0.3 is 15.7 Å². The van der Waals surface area contributed by atoms with Gasteiger partial charge >= 0.3 is 0 Å². The molecule has 1 heterocycles. The Balaban J connectivity index is 2.01. The molecule has 18 heavy (non-hydrogen) atoms. The summed E-state index contributed by atoms with van der Waals surface area (Å²) < 4.78 is 0. The maximum Gasteiger partial charge on any atom is 0.251 e. The van der Waals surface area contributed by atoms with Crippen LogP contribution in [0.15, 0.2) is 18.2 Å². The summed E-state index contributed by atoms with van der Waals surface area (Å²) in [6.07, 6.45) is 0.681. The highest BCUT2D eigenvalue weighted by Gasteiger charge is 2.31. The molecule has 0 spiro atoms. The van der Waals surface area contributed by atoms with Crippen LogP contribution in [0.5, 0.6) is 0 Å². The number of aryl methyl sites for hydroxylation is 2. The molecule has 0 saturated carbocycles. The second-order valence-corrected chi connectivity index (χ2v) is 5.15. The van der Waals surface area contributed by atoms with Gasteiger partial charge in [0.25, 0.3) is 5.91 Å². The van der Waals surface area contributed by atoms with Gasteiger partial charge in [0.15, 0.2) is 0 Å². The van der Waals surface area contributed by atoms with Crippen molar-refractivity contribution in [2.45, 2.75) is 25.9 Å². The fraction of sp³-hybridized carbons (Fsp3) is 0.500. The van der Waals surface area contributed by atoms with Gasteiger partial charge in [-0.3, -0.25) is 4.79 Å². The molecule has 4 nitrogen and oxygen atoms in total. The van der Waals surface area contributed by atoms with Gasteiger partial charge in [-0.25, -0.2) is 0 Å². The largest absolute Gasteiger partial charge is 0.387 e. The lowest BCUT2D eigenvalue weighted by molar-refractivity contribution is 0.0561. The van der Waals surface area contributed by atoms with E-state index in [4.69, 9.17) is 0 Å². The number of rotatable bonds is 3. The number of hydrogen-bond donors (Lipinski definition) is 3. The summed E-state index contributed by atoms with van der Waals surface area (Å²) in [4.78, 5) is 12.1. The standard InChI is InChI=1S/C14H20N2O2/c1-10-3-4-11(2)12(7-10)13(17)16-9-14(18)5-6-15-8-14/h3-4,7,15,18H,5-6,8-9H2,1-2H3,(H,16,17). The number of hydrogen-bond acceptors (Lipinski definition) is 3. The van der Waals surface area contributed by atoms with Crippen LogP contribution in [0, 0.1) is 13.8 Å². The molecule has 3 N–H and O–H groups in total. The lowest BCUT2D eigenvalue weighted by atomic mass is 10.0. The van der Waals surface area contributed by atoms with E-state index in [0.29, 0.717) is 25.1 Å². The number of amides is 1. The molecule has 1 amide bonds. The predicted octanol–water partition coefficient (Wildman–Crippen LogP) is 0.758. The normalized spacial score (nSPS) is 23.1. The summed E-state index contributed by atoms with van der Waals surface area (Å²) >= 11 is 0. The smallest absolute Gasteiger partial charge is 0.251 e. The van der Waals surface area contributed by atoms with Crippen molar-refractivity contribution in [1.82, 2.24) is 10.6 Å². The Labute approximate surface area is 107 Å². The molecule has 1 aliphatic heterocycles. The molecule has 1 aromatic carbocycles. The van der Waals surface area contributed by atoms with Crippen LogP contribution in [0.4, 0.5) is 0 Å². The van der Waals surface area contributed by atoms with Crippen molar-refractivity contribution >= 4 is 5.91 Å². The lowest BCUT2D eigenvalue weighted by Gasteiger charge is -2.21. The zero-order chi connectivity index (χ0) is 13.2. The number of aliphatic hydroxyl groups is 1. The third-order valence-electron chi connectivity index (χ3n) is 3.44. The summed E-state index contributed by atoms with van der Waals surface area (Å²) in [5, 5.41) is 16.0. The molecule has 1 fully saturated rings. The van der Waals surface area contributed by atoms with Crippen molar-refractivity contribution < 1.29 is 9.90 Å². The van der Waals surface area contributed by atoms with Gasteiger partial charge in [0.2, 0.25) is 0 Å². The molecule has 0 aromatic heterocycles.